The van der Waals surface area contributed by atoms with Crippen LogP contribution in [0.25, 0.3) is 27.7 Å². The average molecular weight is 367 g/mol. The molecule has 136 valence electrons. The molecule has 4 aromatic heterocycles. The molecule has 0 aliphatic rings. The van der Waals surface area contributed by atoms with Crippen LogP contribution >= 0.6 is 0 Å². The van der Waals surface area contributed by atoms with E-state index in [9.17, 15) is 4.79 Å². The minimum absolute atomic E-state index is 0.122. The van der Waals surface area contributed by atoms with Crippen molar-refractivity contribution in [1.82, 2.24) is 23.9 Å². The minimum Gasteiger partial charge on any atom is -0.306 e. The number of nitrogens with zero attached hydrogens (tertiary/aromatic N) is 5. The lowest BCUT2D eigenvalue weighted by molar-refractivity contribution is 0.734. The lowest BCUT2D eigenvalue weighted by atomic mass is 10.1. The Hall–Kier alpha value is -3.80. The number of imidazole rings is 1. The molecule has 6 heteroatoms. The summed E-state index contributed by atoms with van der Waals surface area (Å²) in [6.45, 7) is 2.40. The van der Waals surface area contributed by atoms with Crippen molar-refractivity contribution in [3.8, 4) is 11.1 Å². The molecule has 0 spiro atoms. The van der Waals surface area contributed by atoms with E-state index < -0.39 is 0 Å². The molecule has 0 radical (unpaired) electrons. The van der Waals surface area contributed by atoms with Crippen molar-refractivity contribution in [1.29, 1.82) is 0 Å². The summed E-state index contributed by atoms with van der Waals surface area (Å²) in [7, 11) is 0. The van der Waals surface area contributed by atoms with E-state index in [0.717, 1.165) is 28.0 Å². The highest BCUT2D eigenvalue weighted by Crippen LogP contribution is 2.24. The summed E-state index contributed by atoms with van der Waals surface area (Å²) >= 11 is 0. The van der Waals surface area contributed by atoms with Crippen LogP contribution in [0.15, 0.2) is 78.4 Å². The monoisotopic (exact) mass is 367 g/mol. The van der Waals surface area contributed by atoms with Crippen LogP contribution in [0, 0.1) is 6.92 Å². The second-order valence-electron chi connectivity index (χ2n) is 6.83. The smallest absolute Gasteiger partial charge is 0.263 e. The van der Waals surface area contributed by atoms with Crippen LogP contribution < -0.4 is 5.56 Å². The quantitative estimate of drug-likeness (QED) is 0.490. The van der Waals surface area contributed by atoms with Gasteiger partial charge in [-0.25, -0.2) is 9.97 Å². The van der Waals surface area contributed by atoms with Gasteiger partial charge in [0.2, 0.25) is 0 Å². The van der Waals surface area contributed by atoms with E-state index in [-0.39, 0.29) is 5.56 Å². The third kappa shape index (κ3) is 2.75. The molecule has 0 unspecified atom stereocenters. The summed E-state index contributed by atoms with van der Waals surface area (Å²) in [6, 6.07) is 13.8. The van der Waals surface area contributed by atoms with Crippen molar-refractivity contribution in [2.24, 2.45) is 0 Å². The fourth-order valence-electron chi connectivity index (χ4n) is 3.43. The number of hydrogen-bond donors (Lipinski definition) is 0. The topological polar surface area (TPSA) is 65.1 Å². The fraction of sp³-hybridized carbons (Fsp3) is 0.0909. The number of aryl methyl sites for hydroxylation is 1. The van der Waals surface area contributed by atoms with Crippen molar-refractivity contribution in [3.05, 3.63) is 95.2 Å². The Morgan fingerprint density at radius 2 is 1.86 bits per heavy atom. The molecule has 0 amide bonds. The second kappa shape index (κ2) is 6.42. The molecular weight excluding hydrogens is 350 g/mol. The average Bonchev–Trinajstić information content (AvgIpc) is 3.12. The predicted molar refractivity (Wildman–Crippen MR) is 108 cm³/mol. The molecule has 28 heavy (non-hydrogen) atoms. The van der Waals surface area contributed by atoms with Crippen LogP contribution in [0.3, 0.4) is 0 Å². The van der Waals surface area contributed by atoms with E-state index in [1.165, 1.54) is 0 Å². The van der Waals surface area contributed by atoms with E-state index in [1.54, 1.807) is 23.3 Å². The van der Waals surface area contributed by atoms with Crippen molar-refractivity contribution in [3.63, 3.8) is 0 Å². The highest BCUT2D eigenvalue weighted by molar-refractivity contribution is 5.91. The third-order valence-corrected chi connectivity index (χ3v) is 4.80. The van der Waals surface area contributed by atoms with Gasteiger partial charge < -0.3 is 4.40 Å². The van der Waals surface area contributed by atoms with Crippen molar-refractivity contribution < 1.29 is 0 Å². The first-order valence-electron chi connectivity index (χ1n) is 9.02. The molecule has 0 atom stereocenters. The number of fused-ring (bicyclic) bond motifs is 2. The van der Waals surface area contributed by atoms with E-state index in [4.69, 9.17) is 0 Å². The third-order valence-electron chi connectivity index (χ3n) is 4.80. The summed E-state index contributed by atoms with van der Waals surface area (Å²) in [6.07, 6.45) is 8.88. The van der Waals surface area contributed by atoms with Crippen LogP contribution in [0.2, 0.25) is 0 Å². The Morgan fingerprint density at radius 3 is 2.71 bits per heavy atom. The van der Waals surface area contributed by atoms with Crippen LogP contribution in [0.1, 0.15) is 11.3 Å². The van der Waals surface area contributed by atoms with Crippen LogP contribution in [-0.4, -0.2) is 23.9 Å². The number of rotatable bonds is 3. The Labute approximate surface area is 160 Å². The maximum Gasteiger partial charge on any atom is 0.263 e. The number of aromatic nitrogens is 5. The molecule has 0 N–H and O–H groups in total. The summed E-state index contributed by atoms with van der Waals surface area (Å²) in [4.78, 5) is 26.5. The maximum absolute atomic E-state index is 13.0. The molecule has 0 saturated carbocycles. The molecule has 6 nitrogen and oxygen atoms in total. The van der Waals surface area contributed by atoms with Crippen molar-refractivity contribution in [2.45, 2.75) is 13.5 Å². The van der Waals surface area contributed by atoms with Crippen molar-refractivity contribution in [2.75, 3.05) is 0 Å². The van der Waals surface area contributed by atoms with E-state index in [1.807, 2.05) is 66.2 Å². The van der Waals surface area contributed by atoms with Gasteiger partial charge >= 0.3 is 0 Å². The molecule has 0 aliphatic carbocycles. The van der Waals surface area contributed by atoms with Gasteiger partial charge in [-0.15, -0.1) is 0 Å². The van der Waals surface area contributed by atoms with Crippen LogP contribution in [-0.2, 0) is 6.54 Å². The molecule has 4 heterocycles. The first kappa shape index (κ1) is 16.4. The molecule has 1 aromatic carbocycles. The fourth-order valence-corrected chi connectivity index (χ4v) is 3.43. The SMILES string of the molecule is Cc1ccc2nc(Cn3cnc4c(-c5ccccc5)cncc4c3=O)cn2c1. The standard InChI is InChI=1S/C22H17N5O/c1-15-7-8-20-25-17(12-26(20)11-15)13-27-14-24-21-18(16-5-3-2-4-6-16)9-23-10-19(21)22(27)28/h2-12,14H,13H2,1H3. The van der Waals surface area contributed by atoms with E-state index in [2.05, 4.69) is 15.0 Å². The summed E-state index contributed by atoms with van der Waals surface area (Å²) in [5.74, 6) is 0. The summed E-state index contributed by atoms with van der Waals surface area (Å²) < 4.78 is 3.55. The lowest BCUT2D eigenvalue weighted by Crippen LogP contribution is -2.21. The molecule has 0 fully saturated rings. The largest absolute Gasteiger partial charge is 0.306 e. The Kier molecular flexibility index (Phi) is 3.76. The van der Waals surface area contributed by atoms with Gasteiger partial charge in [0.1, 0.15) is 5.65 Å². The second-order valence-corrected chi connectivity index (χ2v) is 6.83. The first-order valence-corrected chi connectivity index (χ1v) is 9.02. The Morgan fingerprint density at radius 1 is 1.00 bits per heavy atom. The predicted octanol–water partition coefficient (Wildman–Crippen LogP) is 3.46. The number of pyridine rings is 2. The highest BCUT2D eigenvalue weighted by Gasteiger charge is 2.11. The van der Waals surface area contributed by atoms with Gasteiger partial charge in [0.05, 0.1) is 29.5 Å². The number of hydrogen-bond acceptors (Lipinski definition) is 4. The zero-order valence-corrected chi connectivity index (χ0v) is 15.3. The number of benzene rings is 1. The van der Waals surface area contributed by atoms with E-state index >= 15 is 0 Å². The first-order chi connectivity index (χ1) is 13.7. The molecule has 0 bridgehead atoms. The van der Waals surface area contributed by atoms with Gasteiger partial charge in [0.15, 0.2) is 0 Å². The minimum atomic E-state index is -0.122. The van der Waals surface area contributed by atoms with Gasteiger partial charge in [-0.05, 0) is 24.1 Å². The zero-order valence-electron chi connectivity index (χ0n) is 15.3. The van der Waals surface area contributed by atoms with E-state index in [0.29, 0.717) is 17.4 Å². The summed E-state index contributed by atoms with van der Waals surface area (Å²) in [5.41, 5.74) is 5.19. The zero-order chi connectivity index (χ0) is 19.1. The molecule has 5 aromatic rings. The molecule has 5 rings (SSSR count). The highest BCUT2D eigenvalue weighted by atomic mass is 16.1. The molecule has 0 saturated heterocycles. The molecule has 0 aliphatic heterocycles. The summed E-state index contributed by atoms with van der Waals surface area (Å²) in [5, 5.41) is 0.503. The van der Waals surface area contributed by atoms with Crippen LogP contribution in [0.5, 0.6) is 0 Å². The normalized spacial score (nSPS) is 11.3. The maximum atomic E-state index is 13.0. The van der Waals surface area contributed by atoms with Gasteiger partial charge in [0.25, 0.3) is 5.56 Å². The van der Waals surface area contributed by atoms with Gasteiger partial charge in [-0.3, -0.25) is 14.3 Å². The van der Waals surface area contributed by atoms with Crippen LogP contribution in [0.4, 0.5) is 0 Å². The lowest BCUT2D eigenvalue weighted by Gasteiger charge is -2.08. The van der Waals surface area contributed by atoms with Crippen molar-refractivity contribution >= 4 is 16.6 Å². The molecular formula is C22H17N5O. The van der Waals surface area contributed by atoms with Gasteiger partial charge in [-0.2, -0.15) is 0 Å². The van der Waals surface area contributed by atoms with Gasteiger partial charge in [-0.1, -0.05) is 36.4 Å². The van der Waals surface area contributed by atoms with Gasteiger partial charge in [0, 0.05) is 30.4 Å². The Balaban J connectivity index is 1.59. The Bertz CT molecular complexity index is 1370.